The van der Waals surface area contributed by atoms with Gasteiger partial charge in [0.1, 0.15) is 0 Å². The van der Waals surface area contributed by atoms with E-state index >= 15 is 0 Å². The number of benzene rings is 1. The molecule has 1 fully saturated rings. The van der Waals surface area contributed by atoms with E-state index in [9.17, 15) is 9.59 Å². The van der Waals surface area contributed by atoms with Gasteiger partial charge in [0.15, 0.2) is 0 Å². The summed E-state index contributed by atoms with van der Waals surface area (Å²) in [6.45, 7) is 4.29. The lowest BCUT2D eigenvalue weighted by atomic mass is 10.0. The molecule has 0 saturated heterocycles. The summed E-state index contributed by atoms with van der Waals surface area (Å²) in [6.07, 6.45) is 2.18. The molecule has 4 nitrogen and oxygen atoms in total. The van der Waals surface area contributed by atoms with Crippen molar-refractivity contribution in [3.8, 4) is 0 Å². The molecule has 2 unspecified atom stereocenters. The lowest BCUT2D eigenvalue weighted by Crippen LogP contribution is -2.17. The van der Waals surface area contributed by atoms with Crippen LogP contribution in [0.15, 0.2) is 24.3 Å². The van der Waals surface area contributed by atoms with Crippen molar-refractivity contribution in [3.63, 3.8) is 0 Å². The van der Waals surface area contributed by atoms with Crippen molar-refractivity contribution >= 4 is 29.3 Å². The number of carboxylic acids is 1. The molecule has 1 aliphatic carbocycles. The number of thioether (sulfide) groups is 1. The van der Waals surface area contributed by atoms with Gasteiger partial charge >= 0.3 is 5.97 Å². The molecule has 2 N–H and O–H groups in total. The van der Waals surface area contributed by atoms with Crippen LogP contribution >= 0.6 is 11.8 Å². The Morgan fingerprint density at radius 2 is 2.23 bits per heavy atom. The van der Waals surface area contributed by atoms with Crippen LogP contribution in [0.25, 0.3) is 0 Å². The summed E-state index contributed by atoms with van der Waals surface area (Å²) in [5.41, 5.74) is 2.10. The van der Waals surface area contributed by atoms with E-state index in [-0.39, 0.29) is 23.7 Å². The van der Waals surface area contributed by atoms with Crippen LogP contribution in [-0.2, 0) is 15.3 Å². The fraction of sp³-hybridized carbons (Fsp3) is 0.529. The van der Waals surface area contributed by atoms with Gasteiger partial charge < -0.3 is 10.4 Å². The van der Waals surface area contributed by atoms with Gasteiger partial charge in [-0.15, -0.1) is 0 Å². The Balaban J connectivity index is 1.84. The van der Waals surface area contributed by atoms with Gasteiger partial charge in [-0.25, -0.2) is 0 Å². The van der Waals surface area contributed by atoms with Gasteiger partial charge in [-0.05, 0) is 36.0 Å². The first-order valence-electron chi connectivity index (χ1n) is 7.64. The van der Waals surface area contributed by atoms with E-state index < -0.39 is 5.97 Å². The quantitative estimate of drug-likeness (QED) is 0.715. The van der Waals surface area contributed by atoms with Crippen molar-refractivity contribution in [1.29, 1.82) is 0 Å². The first-order chi connectivity index (χ1) is 10.4. The Labute approximate surface area is 135 Å². The molecule has 22 heavy (non-hydrogen) atoms. The van der Waals surface area contributed by atoms with Crippen LogP contribution in [0.1, 0.15) is 38.7 Å². The van der Waals surface area contributed by atoms with E-state index in [2.05, 4.69) is 19.2 Å². The van der Waals surface area contributed by atoms with Gasteiger partial charge in [-0.2, -0.15) is 11.8 Å². The highest BCUT2D eigenvalue weighted by atomic mass is 32.2. The minimum atomic E-state index is -0.767. The number of carbonyl (C=O) groups is 2. The van der Waals surface area contributed by atoms with Gasteiger partial charge in [0, 0.05) is 23.1 Å². The molecule has 0 aromatic heterocycles. The van der Waals surface area contributed by atoms with Crippen molar-refractivity contribution < 1.29 is 14.7 Å². The van der Waals surface area contributed by atoms with Crippen LogP contribution in [0.4, 0.5) is 5.69 Å². The number of carboxylic acid groups (broad SMARTS) is 1. The second-order valence-corrected chi connectivity index (χ2v) is 7.26. The topological polar surface area (TPSA) is 66.4 Å². The third kappa shape index (κ3) is 4.50. The van der Waals surface area contributed by atoms with Gasteiger partial charge in [-0.1, -0.05) is 26.0 Å². The van der Waals surface area contributed by atoms with Crippen molar-refractivity contribution in [1.82, 2.24) is 0 Å². The highest BCUT2D eigenvalue weighted by molar-refractivity contribution is 7.98. The fourth-order valence-corrected chi connectivity index (χ4v) is 3.40. The van der Waals surface area contributed by atoms with Crippen LogP contribution in [0.3, 0.4) is 0 Å². The molecular formula is C17H23NO3S. The molecule has 0 aliphatic heterocycles. The maximum atomic E-state index is 12.2. The molecule has 2 rings (SSSR count). The van der Waals surface area contributed by atoms with E-state index in [1.807, 2.05) is 24.3 Å². The Morgan fingerprint density at radius 1 is 1.45 bits per heavy atom. The summed E-state index contributed by atoms with van der Waals surface area (Å²) in [5.74, 6) is 0.832. The maximum Gasteiger partial charge on any atom is 0.304 e. The molecule has 0 radical (unpaired) electrons. The molecule has 5 heteroatoms. The van der Waals surface area contributed by atoms with Crippen molar-refractivity contribution in [2.75, 3.05) is 11.1 Å². The monoisotopic (exact) mass is 321 g/mol. The Bertz CT molecular complexity index is 561. The third-order valence-electron chi connectivity index (χ3n) is 4.40. The summed E-state index contributed by atoms with van der Waals surface area (Å²) in [6, 6.07) is 7.79. The van der Waals surface area contributed by atoms with E-state index in [0.29, 0.717) is 5.75 Å². The minimum Gasteiger partial charge on any atom is -0.481 e. The number of amides is 1. The number of hydrogen-bond acceptors (Lipinski definition) is 3. The number of aliphatic carboxylic acids is 1. The van der Waals surface area contributed by atoms with Crippen LogP contribution < -0.4 is 5.32 Å². The normalized spacial score (nSPS) is 23.1. The standard InChI is InChI=1S/C17H23NO3S/c1-3-17(2)10-14(17)16(21)18-13-6-4-5-12(9-13)11-22-8-7-15(19)20/h4-6,9,14H,3,7-8,10-11H2,1-2H3,(H,18,21)(H,19,20). The minimum absolute atomic E-state index is 0.111. The maximum absolute atomic E-state index is 12.2. The average Bonchev–Trinajstić information content (AvgIpc) is 3.17. The van der Waals surface area contributed by atoms with E-state index in [1.54, 1.807) is 11.8 Å². The van der Waals surface area contributed by atoms with Gasteiger partial charge in [0.2, 0.25) is 5.91 Å². The molecular weight excluding hydrogens is 298 g/mol. The van der Waals surface area contributed by atoms with Gasteiger partial charge in [0.25, 0.3) is 0 Å². The number of rotatable bonds is 8. The summed E-state index contributed by atoms with van der Waals surface area (Å²) in [5, 5.41) is 11.6. The van der Waals surface area contributed by atoms with Crippen molar-refractivity contribution in [3.05, 3.63) is 29.8 Å². The van der Waals surface area contributed by atoms with E-state index in [1.165, 1.54) is 0 Å². The van der Waals surface area contributed by atoms with E-state index in [0.717, 1.165) is 29.8 Å². The summed E-state index contributed by atoms with van der Waals surface area (Å²) in [7, 11) is 0. The second kappa shape index (κ2) is 7.18. The van der Waals surface area contributed by atoms with Crippen molar-refractivity contribution in [2.24, 2.45) is 11.3 Å². The first kappa shape index (κ1) is 16.9. The van der Waals surface area contributed by atoms with Crippen LogP contribution in [-0.4, -0.2) is 22.7 Å². The Morgan fingerprint density at radius 3 is 2.86 bits per heavy atom. The van der Waals surface area contributed by atoms with Gasteiger partial charge in [0.05, 0.1) is 6.42 Å². The molecule has 0 heterocycles. The fourth-order valence-electron chi connectivity index (χ4n) is 2.53. The highest BCUT2D eigenvalue weighted by Gasteiger charge is 2.52. The summed E-state index contributed by atoms with van der Waals surface area (Å²) < 4.78 is 0. The molecule has 120 valence electrons. The molecule has 2 atom stereocenters. The van der Waals surface area contributed by atoms with E-state index in [4.69, 9.17) is 5.11 Å². The molecule has 1 aliphatic rings. The largest absolute Gasteiger partial charge is 0.481 e. The highest BCUT2D eigenvalue weighted by Crippen LogP contribution is 2.55. The van der Waals surface area contributed by atoms with Crippen LogP contribution in [0.5, 0.6) is 0 Å². The number of hydrogen-bond donors (Lipinski definition) is 2. The molecule has 1 amide bonds. The predicted molar refractivity (Wildman–Crippen MR) is 90.0 cm³/mol. The lowest BCUT2D eigenvalue weighted by molar-refractivity contribution is -0.136. The third-order valence-corrected chi connectivity index (χ3v) is 5.43. The SMILES string of the molecule is CCC1(C)CC1C(=O)Nc1cccc(CSCCC(=O)O)c1. The number of carbonyl (C=O) groups excluding carboxylic acids is 1. The second-order valence-electron chi connectivity index (χ2n) is 6.15. The molecule has 0 spiro atoms. The van der Waals surface area contributed by atoms with Gasteiger partial charge in [-0.3, -0.25) is 9.59 Å². The first-order valence-corrected chi connectivity index (χ1v) is 8.79. The zero-order valence-electron chi connectivity index (χ0n) is 13.1. The number of nitrogens with one attached hydrogen (secondary N) is 1. The predicted octanol–water partition coefficient (Wildman–Crippen LogP) is 3.77. The smallest absolute Gasteiger partial charge is 0.304 e. The van der Waals surface area contributed by atoms with Crippen molar-refractivity contribution in [2.45, 2.75) is 38.9 Å². The average molecular weight is 321 g/mol. The zero-order chi connectivity index (χ0) is 16.2. The summed E-state index contributed by atoms with van der Waals surface area (Å²) in [4.78, 5) is 22.7. The van der Waals surface area contributed by atoms with Crippen LogP contribution in [0, 0.1) is 11.3 Å². The molecule has 1 aromatic carbocycles. The number of anilines is 1. The Hall–Kier alpha value is -1.49. The molecule has 1 aromatic rings. The Kier molecular flexibility index (Phi) is 5.51. The van der Waals surface area contributed by atoms with Crippen LogP contribution in [0.2, 0.25) is 0 Å². The molecule has 1 saturated carbocycles. The summed E-state index contributed by atoms with van der Waals surface area (Å²) >= 11 is 1.59. The molecule has 0 bridgehead atoms. The lowest BCUT2D eigenvalue weighted by Gasteiger charge is -2.10. The zero-order valence-corrected chi connectivity index (χ0v) is 13.9.